The summed E-state index contributed by atoms with van der Waals surface area (Å²) >= 11 is 6.14. The Labute approximate surface area is 175 Å². The quantitative estimate of drug-likeness (QED) is 0.560. The van der Waals surface area contributed by atoms with Crippen molar-refractivity contribution < 1.29 is 23.1 Å². The number of carbonyl (C=O) groups is 1. The third-order valence-corrected chi connectivity index (χ3v) is 5.75. The maximum absolute atomic E-state index is 13.5. The highest BCUT2D eigenvalue weighted by molar-refractivity contribution is 6.31. The Morgan fingerprint density at radius 3 is 2.47 bits per heavy atom. The van der Waals surface area contributed by atoms with Gasteiger partial charge in [0.2, 0.25) is 0 Å². The van der Waals surface area contributed by atoms with Gasteiger partial charge in [-0.25, -0.2) is 4.79 Å². The number of hydrogen-bond acceptors (Lipinski definition) is 2. The molecule has 156 valence electrons. The lowest BCUT2D eigenvalue weighted by molar-refractivity contribution is -0.138. The molecule has 4 nitrogen and oxygen atoms in total. The highest BCUT2D eigenvalue weighted by Gasteiger charge is 2.34. The van der Waals surface area contributed by atoms with Crippen molar-refractivity contribution in [2.45, 2.75) is 38.4 Å². The van der Waals surface area contributed by atoms with Gasteiger partial charge in [0.05, 0.1) is 23.4 Å². The van der Waals surface area contributed by atoms with Crippen molar-refractivity contribution >= 4 is 17.6 Å². The summed E-state index contributed by atoms with van der Waals surface area (Å²) in [5.74, 6) is -1.02. The highest BCUT2D eigenvalue weighted by Crippen LogP contribution is 2.37. The molecule has 0 saturated carbocycles. The first kappa shape index (κ1) is 20.5. The van der Waals surface area contributed by atoms with E-state index in [1.54, 1.807) is 16.8 Å². The Balaban J connectivity index is 1.79. The van der Waals surface area contributed by atoms with E-state index >= 15 is 0 Å². The van der Waals surface area contributed by atoms with Gasteiger partial charge in [0, 0.05) is 27.4 Å². The molecule has 0 fully saturated rings. The number of carboxylic acid groups (broad SMARTS) is 1. The lowest BCUT2D eigenvalue weighted by Crippen LogP contribution is -2.15. The predicted octanol–water partition coefficient (Wildman–Crippen LogP) is 5.85. The number of aromatic carboxylic acids is 1. The molecule has 30 heavy (non-hydrogen) atoms. The second-order valence-corrected chi connectivity index (χ2v) is 7.69. The standard InChI is InChI=1S/C22H18ClF3N2O2/c23-18-6-3-5-17(22(24,25)26)16(18)12-28-19-7-2-1-4-15(19)20(27-28)13-8-10-14(11-9-13)21(29)30/h3,5-6,8-11H,1-2,4,7,12H2,(H,29,30). The van der Waals surface area contributed by atoms with E-state index in [4.69, 9.17) is 16.7 Å². The van der Waals surface area contributed by atoms with Gasteiger partial charge in [0.15, 0.2) is 0 Å². The summed E-state index contributed by atoms with van der Waals surface area (Å²) in [5, 5.41) is 13.8. The number of benzene rings is 2. The second-order valence-electron chi connectivity index (χ2n) is 7.28. The van der Waals surface area contributed by atoms with Crippen molar-refractivity contribution in [3.05, 3.63) is 75.4 Å². The van der Waals surface area contributed by atoms with E-state index in [1.807, 2.05) is 0 Å². The lowest BCUT2D eigenvalue weighted by atomic mass is 9.93. The molecule has 8 heteroatoms. The fourth-order valence-corrected chi connectivity index (χ4v) is 4.17. The number of nitrogens with zero attached hydrogens (tertiary/aromatic N) is 2. The topological polar surface area (TPSA) is 55.1 Å². The van der Waals surface area contributed by atoms with E-state index in [2.05, 4.69) is 5.10 Å². The zero-order chi connectivity index (χ0) is 21.5. The van der Waals surface area contributed by atoms with Crippen LogP contribution in [0, 0.1) is 0 Å². The van der Waals surface area contributed by atoms with Gasteiger partial charge in [-0.3, -0.25) is 4.68 Å². The van der Waals surface area contributed by atoms with Crippen LogP contribution >= 0.6 is 11.6 Å². The van der Waals surface area contributed by atoms with Crippen LogP contribution in [0.4, 0.5) is 13.2 Å². The van der Waals surface area contributed by atoms with Crippen LogP contribution in [-0.4, -0.2) is 20.9 Å². The predicted molar refractivity (Wildman–Crippen MR) is 107 cm³/mol. The van der Waals surface area contributed by atoms with Crippen LogP contribution in [0.3, 0.4) is 0 Å². The van der Waals surface area contributed by atoms with E-state index in [0.717, 1.165) is 48.6 Å². The van der Waals surface area contributed by atoms with Crippen molar-refractivity contribution in [1.29, 1.82) is 0 Å². The Bertz CT molecular complexity index is 1100. The van der Waals surface area contributed by atoms with Crippen molar-refractivity contribution in [2.75, 3.05) is 0 Å². The summed E-state index contributed by atoms with van der Waals surface area (Å²) in [7, 11) is 0. The molecule has 0 radical (unpaired) electrons. The van der Waals surface area contributed by atoms with Crippen LogP contribution in [0.5, 0.6) is 0 Å². The van der Waals surface area contributed by atoms with Crippen LogP contribution in [0.25, 0.3) is 11.3 Å². The van der Waals surface area contributed by atoms with Gasteiger partial charge in [0.1, 0.15) is 0 Å². The molecule has 0 saturated heterocycles. The first-order chi connectivity index (χ1) is 14.3. The zero-order valence-electron chi connectivity index (χ0n) is 15.8. The third kappa shape index (κ3) is 3.81. The molecular weight excluding hydrogens is 417 g/mol. The van der Waals surface area contributed by atoms with Crippen molar-refractivity contribution in [2.24, 2.45) is 0 Å². The molecule has 0 atom stereocenters. The SMILES string of the molecule is O=C(O)c1ccc(-c2nn(Cc3c(Cl)cccc3C(F)(F)F)c3c2CCCC3)cc1. The normalized spacial score (nSPS) is 13.9. The molecule has 1 aliphatic rings. The maximum Gasteiger partial charge on any atom is 0.416 e. The van der Waals surface area contributed by atoms with Crippen molar-refractivity contribution in [3.8, 4) is 11.3 Å². The minimum absolute atomic E-state index is 0.00434. The average molecular weight is 435 g/mol. The number of carboxylic acids is 1. The molecule has 0 amide bonds. The molecular formula is C22H18ClF3N2O2. The smallest absolute Gasteiger partial charge is 0.416 e. The van der Waals surface area contributed by atoms with Crippen LogP contribution in [-0.2, 0) is 25.6 Å². The molecule has 0 spiro atoms. The minimum atomic E-state index is -4.51. The fourth-order valence-electron chi connectivity index (χ4n) is 3.94. The van der Waals surface area contributed by atoms with E-state index in [0.29, 0.717) is 5.69 Å². The largest absolute Gasteiger partial charge is 0.478 e. The number of fused-ring (bicyclic) bond motifs is 1. The van der Waals surface area contributed by atoms with Gasteiger partial charge in [-0.2, -0.15) is 18.3 Å². The van der Waals surface area contributed by atoms with Crippen LogP contribution in [0.2, 0.25) is 5.02 Å². The number of hydrogen-bond donors (Lipinski definition) is 1. The Morgan fingerprint density at radius 2 is 1.80 bits per heavy atom. The second kappa shape index (κ2) is 7.80. The van der Waals surface area contributed by atoms with E-state index in [9.17, 15) is 18.0 Å². The van der Waals surface area contributed by atoms with Crippen LogP contribution < -0.4 is 0 Å². The maximum atomic E-state index is 13.5. The molecule has 1 heterocycles. The summed E-state index contributed by atoms with van der Waals surface area (Å²) in [5.41, 5.74) is 2.74. The number of halogens is 4. The molecule has 4 rings (SSSR count). The Morgan fingerprint density at radius 1 is 1.10 bits per heavy atom. The summed E-state index contributed by atoms with van der Waals surface area (Å²) in [4.78, 5) is 11.1. The summed E-state index contributed by atoms with van der Waals surface area (Å²) in [6, 6.07) is 10.1. The number of rotatable bonds is 4. The lowest BCUT2D eigenvalue weighted by Gasteiger charge is -2.17. The van der Waals surface area contributed by atoms with E-state index < -0.39 is 17.7 Å². The molecule has 0 bridgehead atoms. The first-order valence-electron chi connectivity index (χ1n) is 9.52. The number of aromatic nitrogens is 2. The van der Waals surface area contributed by atoms with Crippen LogP contribution in [0.15, 0.2) is 42.5 Å². The average Bonchev–Trinajstić information content (AvgIpc) is 3.07. The third-order valence-electron chi connectivity index (χ3n) is 5.39. The van der Waals surface area contributed by atoms with Gasteiger partial charge < -0.3 is 5.11 Å². The highest BCUT2D eigenvalue weighted by atomic mass is 35.5. The molecule has 1 aromatic heterocycles. The van der Waals surface area contributed by atoms with Crippen LogP contribution in [0.1, 0.15) is 45.6 Å². The van der Waals surface area contributed by atoms with Gasteiger partial charge >= 0.3 is 12.1 Å². The summed E-state index contributed by atoms with van der Waals surface area (Å²) in [6.07, 6.45) is -1.10. The Kier molecular flexibility index (Phi) is 5.32. The molecule has 0 aliphatic heterocycles. The zero-order valence-corrected chi connectivity index (χ0v) is 16.6. The van der Waals surface area contributed by atoms with E-state index in [-0.39, 0.29) is 22.7 Å². The fraction of sp³-hybridized carbons (Fsp3) is 0.273. The van der Waals surface area contributed by atoms with Gasteiger partial charge in [0.25, 0.3) is 0 Å². The van der Waals surface area contributed by atoms with Gasteiger partial charge in [-0.05, 0) is 49.9 Å². The molecule has 1 aliphatic carbocycles. The monoisotopic (exact) mass is 434 g/mol. The van der Waals surface area contributed by atoms with Gasteiger partial charge in [-0.15, -0.1) is 0 Å². The first-order valence-corrected chi connectivity index (χ1v) is 9.90. The Hall–Kier alpha value is -2.80. The summed E-state index contributed by atoms with van der Waals surface area (Å²) < 4.78 is 42.1. The molecule has 1 N–H and O–H groups in total. The molecule has 0 unspecified atom stereocenters. The van der Waals surface area contributed by atoms with Crippen molar-refractivity contribution in [3.63, 3.8) is 0 Å². The van der Waals surface area contributed by atoms with Gasteiger partial charge in [-0.1, -0.05) is 29.8 Å². The van der Waals surface area contributed by atoms with E-state index in [1.165, 1.54) is 24.3 Å². The summed E-state index contributed by atoms with van der Waals surface area (Å²) in [6.45, 7) is -0.0793. The van der Waals surface area contributed by atoms with Crippen molar-refractivity contribution in [1.82, 2.24) is 9.78 Å². The minimum Gasteiger partial charge on any atom is -0.478 e. The molecule has 2 aromatic carbocycles. The number of alkyl halides is 3. The molecule has 3 aromatic rings.